The van der Waals surface area contributed by atoms with Crippen LogP contribution in [-0.2, 0) is 20.5 Å². The molecule has 0 aromatic heterocycles. The lowest BCUT2D eigenvalue weighted by atomic mass is 10.2. The molecule has 0 radical (unpaired) electrons. The van der Waals surface area contributed by atoms with E-state index in [1.807, 2.05) is 0 Å². The molecule has 0 aliphatic carbocycles. The molecule has 0 bridgehead atoms. The molecule has 0 atom stereocenters. The molecule has 29 heavy (non-hydrogen) atoms. The minimum absolute atomic E-state index is 0.162. The zero-order valence-corrected chi connectivity index (χ0v) is 15.2. The largest absolute Gasteiger partial charge is 0.483 e. The molecule has 0 aliphatic rings. The molecule has 0 spiro atoms. The first-order valence-electron chi connectivity index (χ1n) is 8.24. The number of rotatable bonds is 7. The molecule has 0 unspecified atom stereocenters. The van der Waals surface area contributed by atoms with E-state index in [2.05, 4.69) is 15.4 Å². The number of alkyl halides is 3. The predicted molar refractivity (Wildman–Crippen MR) is 96.4 cm³/mol. The molecule has 0 aliphatic heterocycles. The van der Waals surface area contributed by atoms with E-state index in [9.17, 15) is 27.6 Å². The summed E-state index contributed by atoms with van der Waals surface area (Å²) < 4.78 is 48.2. The second kappa shape index (κ2) is 9.58. The van der Waals surface area contributed by atoms with Crippen LogP contribution in [0.5, 0.6) is 5.75 Å². The highest BCUT2D eigenvalue weighted by atomic mass is 19.4. The number of methoxy groups -OCH3 is 1. The number of benzene rings is 2. The van der Waals surface area contributed by atoms with Crippen molar-refractivity contribution in [2.45, 2.75) is 6.18 Å². The summed E-state index contributed by atoms with van der Waals surface area (Å²) >= 11 is 0. The number of hydrogen-bond acceptors (Lipinski definition) is 5. The summed E-state index contributed by atoms with van der Waals surface area (Å²) in [6, 6.07) is 10.3. The standard InChI is InChI=1S/C19H17F3N2O5/c1-28-17(26)10-23-18(27)12-5-4-6-13(9-12)24-16(25)11-29-15-8-3-2-7-14(15)19(20,21)22/h2-9H,10-11H2,1H3,(H,23,27)(H,24,25). The second-order valence-electron chi connectivity index (χ2n) is 5.67. The summed E-state index contributed by atoms with van der Waals surface area (Å²) in [4.78, 5) is 35.0. The van der Waals surface area contributed by atoms with E-state index in [-0.39, 0.29) is 17.8 Å². The first-order chi connectivity index (χ1) is 13.7. The molecule has 2 rings (SSSR count). The van der Waals surface area contributed by atoms with Crippen molar-refractivity contribution in [3.05, 3.63) is 59.7 Å². The van der Waals surface area contributed by atoms with E-state index in [0.717, 1.165) is 12.1 Å². The number of hydrogen-bond donors (Lipinski definition) is 2. The van der Waals surface area contributed by atoms with Crippen molar-refractivity contribution in [3.63, 3.8) is 0 Å². The minimum Gasteiger partial charge on any atom is -0.483 e. The fourth-order valence-electron chi connectivity index (χ4n) is 2.23. The van der Waals surface area contributed by atoms with E-state index < -0.39 is 41.9 Å². The molecule has 0 heterocycles. The lowest BCUT2D eigenvalue weighted by Gasteiger charge is -2.13. The van der Waals surface area contributed by atoms with Gasteiger partial charge in [0.15, 0.2) is 6.61 Å². The Morgan fingerprint density at radius 3 is 2.45 bits per heavy atom. The van der Waals surface area contributed by atoms with Crippen molar-refractivity contribution in [3.8, 4) is 5.75 Å². The third-order valence-electron chi connectivity index (χ3n) is 3.58. The van der Waals surface area contributed by atoms with Crippen molar-refractivity contribution in [2.75, 3.05) is 25.6 Å². The molecular weight excluding hydrogens is 393 g/mol. The molecule has 2 aromatic rings. The van der Waals surface area contributed by atoms with Gasteiger partial charge < -0.3 is 20.1 Å². The van der Waals surface area contributed by atoms with Gasteiger partial charge in [0, 0.05) is 11.3 Å². The quantitative estimate of drug-likeness (QED) is 0.685. The van der Waals surface area contributed by atoms with E-state index in [1.165, 1.54) is 43.5 Å². The van der Waals surface area contributed by atoms with Crippen LogP contribution in [0.3, 0.4) is 0 Å². The van der Waals surface area contributed by atoms with Gasteiger partial charge in [0.05, 0.1) is 12.7 Å². The van der Waals surface area contributed by atoms with Gasteiger partial charge in [-0.05, 0) is 30.3 Å². The lowest BCUT2D eigenvalue weighted by molar-refractivity contribution is -0.140. The SMILES string of the molecule is COC(=O)CNC(=O)c1cccc(NC(=O)COc2ccccc2C(F)(F)F)c1. The molecule has 10 heteroatoms. The zero-order chi connectivity index (χ0) is 21.4. The van der Waals surface area contributed by atoms with Gasteiger partial charge in [-0.15, -0.1) is 0 Å². The van der Waals surface area contributed by atoms with Crippen molar-refractivity contribution in [2.24, 2.45) is 0 Å². The predicted octanol–water partition coefficient (Wildman–Crippen LogP) is 2.63. The van der Waals surface area contributed by atoms with E-state index >= 15 is 0 Å². The monoisotopic (exact) mass is 410 g/mol. The molecule has 7 nitrogen and oxygen atoms in total. The number of carbonyl (C=O) groups is 3. The average Bonchev–Trinajstić information content (AvgIpc) is 2.70. The highest BCUT2D eigenvalue weighted by Gasteiger charge is 2.34. The third kappa shape index (κ3) is 6.52. The summed E-state index contributed by atoms with van der Waals surface area (Å²) in [5.41, 5.74) is -0.597. The van der Waals surface area contributed by atoms with Gasteiger partial charge in [0.25, 0.3) is 11.8 Å². The van der Waals surface area contributed by atoms with Crippen LogP contribution >= 0.6 is 0 Å². The van der Waals surface area contributed by atoms with Crippen LogP contribution in [-0.4, -0.2) is 38.0 Å². The number of nitrogens with one attached hydrogen (secondary N) is 2. The Balaban J connectivity index is 1.97. The number of anilines is 1. The van der Waals surface area contributed by atoms with Gasteiger partial charge in [-0.3, -0.25) is 14.4 Å². The summed E-state index contributed by atoms with van der Waals surface area (Å²) in [5.74, 6) is -2.37. The zero-order valence-electron chi connectivity index (χ0n) is 15.2. The Labute approximate surface area is 163 Å². The molecule has 0 saturated heterocycles. The fraction of sp³-hybridized carbons (Fsp3) is 0.211. The lowest BCUT2D eigenvalue weighted by Crippen LogP contribution is -2.30. The molecule has 2 N–H and O–H groups in total. The Morgan fingerprint density at radius 2 is 1.76 bits per heavy atom. The first kappa shape index (κ1) is 21.7. The normalized spacial score (nSPS) is 10.8. The van der Waals surface area contributed by atoms with Crippen LogP contribution in [0.2, 0.25) is 0 Å². The van der Waals surface area contributed by atoms with Crippen molar-refractivity contribution < 1.29 is 37.0 Å². The van der Waals surface area contributed by atoms with E-state index in [1.54, 1.807) is 0 Å². The number of para-hydroxylation sites is 1. The molecule has 0 fully saturated rings. The van der Waals surface area contributed by atoms with Crippen LogP contribution in [0.1, 0.15) is 15.9 Å². The number of carbonyl (C=O) groups excluding carboxylic acids is 3. The highest BCUT2D eigenvalue weighted by molar-refractivity contribution is 5.98. The van der Waals surface area contributed by atoms with Crippen LogP contribution in [0.25, 0.3) is 0 Å². The Bertz CT molecular complexity index is 899. The van der Waals surface area contributed by atoms with Crippen molar-refractivity contribution in [1.82, 2.24) is 5.32 Å². The molecule has 2 aromatic carbocycles. The smallest absolute Gasteiger partial charge is 0.419 e. The summed E-state index contributed by atoms with van der Waals surface area (Å²) in [7, 11) is 1.18. The number of amides is 2. The van der Waals surface area contributed by atoms with Gasteiger partial charge in [-0.25, -0.2) is 0 Å². The van der Waals surface area contributed by atoms with Crippen LogP contribution < -0.4 is 15.4 Å². The van der Waals surface area contributed by atoms with Crippen molar-refractivity contribution >= 4 is 23.5 Å². The maximum absolute atomic E-state index is 12.9. The van der Waals surface area contributed by atoms with Gasteiger partial charge in [-0.2, -0.15) is 13.2 Å². The van der Waals surface area contributed by atoms with Gasteiger partial charge in [0.1, 0.15) is 12.3 Å². The van der Waals surface area contributed by atoms with Crippen molar-refractivity contribution in [1.29, 1.82) is 0 Å². The molecule has 2 amide bonds. The topological polar surface area (TPSA) is 93.7 Å². The maximum atomic E-state index is 12.9. The minimum atomic E-state index is -4.61. The molecule has 0 saturated carbocycles. The Hall–Kier alpha value is -3.56. The summed E-state index contributed by atoms with van der Waals surface area (Å²) in [6.45, 7) is -0.982. The second-order valence-corrected chi connectivity index (χ2v) is 5.67. The molecular formula is C19H17F3N2O5. The number of esters is 1. The summed E-state index contributed by atoms with van der Waals surface area (Å²) in [5, 5.41) is 4.76. The first-order valence-corrected chi connectivity index (χ1v) is 8.24. The van der Waals surface area contributed by atoms with E-state index in [4.69, 9.17) is 4.74 Å². The number of halogens is 3. The fourth-order valence-corrected chi connectivity index (χ4v) is 2.23. The van der Waals surface area contributed by atoms with Crippen LogP contribution in [0, 0.1) is 0 Å². The van der Waals surface area contributed by atoms with Gasteiger partial charge in [-0.1, -0.05) is 18.2 Å². The van der Waals surface area contributed by atoms with Gasteiger partial charge >= 0.3 is 12.1 Å². The van der Waals surface area contributed by atoms with Crippen LogP contribution in [0.4, 0.5) is 18.9 Å². The Morgan fingerprint density at radius 1 is 1.03 bits per heavy atom. The average molecular weight is 410 g/mol. The van der Waals surface area contributed by atoms with Crippen LogP contribution in [0.15, 0.2) is 48.5 Å². The maximum Gasteiger partial charge on any atom is 0.419 e. The number of ether oxygens (including phenoxy) is 2. The van der Waals surface area contributed by atoms with Gasteiger partial charge in [0.2, 0.25) is 0 Å². The highest BCUT2D eigenvalue weighted by Crippen LogP contribution is 2.35. The van der Waals surface area contributed by atoms with E-state index in [0.29, 0.717) is 0 Å². The summed E-state index contributed by atoms with van der Waals surface area (Å²) in [6.07, 6.45) is -4.61. The Kier molecular flexibility index (Phi) is 7.18. The third-order valence-corrected chi connectivity index (χ3v) is 3.58. The molecule has 154 valence electrons.